The molecule has 222 valence electrons. The number of amides is 1. The summed E-state index contributed by atoms with van der Waals surface area (Å²) in [6, 6.07) is 27.4. The van der Waals surface area contributed by atoms with Crippen LogP contribution in [0.25, 0.3) is 0 Å². The maximum absolute atomic E-state index is 13.4. The minimum Gasteiger partial charge on any atom is -0.394 e. The van der Waals surface area contributed by atoms with Crippen molar-refractivity contribution in [2.75, 3.05) is 38.2 Å². The van der Waals surface area contributed by atoms with Gasteiger partial charge in [-0.1, -0.05) is 72.5 Å². The van der Waals surface area contributed by atoms with Crippen LogP contribution in [-0.4, -0.2) is 72.7 Å². The number of hydroxylamine groups is 2. The first-order valence-corrected chi connectivity index (χ1v) is 14.5. The van der Waals surface area contributed by atoms with Gasteiger partial charge in [0.1, 0.15) is 12.1 Å². The van der Waals surface area contributed by atoms with Crippen molar-refractivity contribution in [2.45, 2.75) is 44.7 Å². The van der Waals surface area contributed by atoms with Crippen molar-refractivity contribution >= 4 is 11.6 Å². The predicted octanol–water partition coefficient (Wildman–Crippen LogP) is 2.94. The number of aliphatic hydroxyl groups excluding tert-OH is 2. The van der Waals surface area contributed by atoms with E-state index in [2.05, 4.69) is 51.6 Å². The summed E-state index contributed by atoms with van der Waals surface area (Å²) in [5.74, 6) is 5.57. The summed E-state index contributed by atoms with van der Waals surface area (Å²) >= 11 is 0. The highest BCUT2D eigenvalue weighted by molar-refractivity contribution is 5.82. The third-order valence-corrected chi connectivity index (χ3v) is 7.43. The maximum atomic E-state index is 13.4. The molecule has 1 heterocycles. The molecule has 1 aliphatic rings. The average molecular weight is 571 g/mol. The second-order valence-electron chi connectivity index (χ2n) is 10.7. The van der Waals surface area contributed by atoms with Gasteiger partial charge >= 0.3 is 0 Å². The van der Waals surface area contributed by atoms with E-state index in [-0.39, 0.29) is 12.5 Å². The Morgan fingerprint density at radius 3 is 2.48 bits per heavy atom. The molecule has 42 heavy (non-hydrogen) atoms. The largest absolute Gasteiger partial charge is 0.394 e. The highest BCUT2D eigenvalue weighted by Crippen LogP contribution is 2.32. The fourth-order valence-corrected chi connectivity index (χ4v) is 5.26. The van der Waals surface area contributed by atoms with Gasteiger partial charge < -0.3 is 25.7 Å². The molecule has 1 amide bonds. The zero-order valence-electron chi connectivity index (χ0n) is 24.4. The lowest BCUT2D eigenvalue weighted by Crippen LogP contribution is -2.49. The van der Waals surface area contributed by atoms with E-state index in [9.17, 15) is 15.0 Å². The first kappa shape index (κ1) is 31.2. The number of benzene rings is 3. The summed E-state index contributed by atoms with van der Waals surface area (Å²) in [4.78, 5) is 21.6. The monoisotopic (exact) mass is 570 g/mol. The summed E-state index contributed by atoms with van der Waals surface area (Å²) in [6.07, 6.45) is -0.759. The molecule has 4 N–H and O–H groups in total. The van der Waals surface area contributed by atoms with E-state index >= 15 is 0 Å². The number of para-hydroxylation sites is 1. The number of carbonyl (C=O) groups excluding carboxylic acids is 1. The van der Waals surface area contributed by atoms with Gasteiger partial charge in [-0.05, 0) is 48.7 Å². The summed E-state index contributed by atoms with van der Waals surface area (Å²) in [6.45, 7) is 4.24. The molecule has 0 aliphatic carbocycles. The van der Waals surface area contributed by atoms with E-state index in [0.717, 1.165) is 36.3 Å². The first-order valence-electron chi connectivity index (χ1n) is 14.5. The lowest BCUT2D eigenvalue weighted by molar-refractivity contribution is -0.181. The summed E-state index contributed by atoms with van der Waals surface area (Å²) in [7, 11) is 2.03. The van der Waals surface area contributed by atoms with Gasteiger partial charge in [0.2, 0.25) is 5.91 Å². The van der Waals surface area contributed by atoms with E-state index in [4.69, 9.17) is 4.84 Å². The van der Waals surface area contributed by atoms with E-state index in [1.54, 1.807) is 12.0 Å². The number of anilines is 1. The average Bonchev–Trinajstić information content (AvgIpc) is 3.38. The Kier molecular flexibility index (Phi) is 11.9. The molecule has 0 bridgehead atoms. The number of nitrogens with one attached hydrogen (secondary N) is 2. The number of carbonyl (C=O) groups is 1. The predicted molar refractivity (Wildman–Crippen MR) is 165 cm³/mol. The van der Waals surface area contributed by atoms with Crippen LogP contribution in [0.1, 0.15) is 30.0 Å². The van der Waals surface area contributed by atoms with Crippen molar-refractivity contribution < 1.29 is 19.8 Å². The van der Waals surface area contributed by atoms with Gasteiger partial charge in [0.25, 0.3) is 0 Å². The molecule has 8 nitrogen and oxygen atoms in total. The lowest BCUT2D eigenvalue weighted by atomic mass is 9.89. The van der Waals surface area contributed by atoms with Gasteiger partial charge in [-0.3, -0.25) is 9.63 Å². The van der Waals surface area contributed by atoms with Crippen LogP contribution in [-0.2, 0) is 22.7 Å². The van der Waals surface area contributed by atoms with Crippen LogP contribution >= 0.6 is 0 Å². The molecule has 8 heteroatoms. The van der Waals surface area contributed by atoms with E-state index < -0.39 is 24.2 Å². The van der Waals surface area contributed by atoms with Gasteiger partial charge in [0.15, 0.2) is 0 Å². The summed E-state index contributed by atoms with van der Waals surface area (Å²) in [5, 5.41) is 28.5. The zero-order chi connectivity index (χ0) is 29.7. The van der Waals surface area contributed by atoms with E-state index in [0.29, 0.717) is 19.6 Å². The molecule has 1 aliphatic heterocycles. The van der Waals surface area contributed by atoms with E-state index in [1.807, 2.05) is 67.7 Å². The number of nitrogens with zero attached hydrogens (tertiary/aromatic N) is 2. The van der Waals surface area contributed by atoms with Crippen LogP contribution in [0.2, 0.25) is 0 Å². The van der Waals surface area contributed by atoms with Gasteiger partial charge in [0.05, 0.1) is 25.8 Å². The molecule has 0 unspecified atom stereocenters. The third kappa shape index (κ3) is 8.89. The molecule has 0 saturated carbocycles. The van der Waals surface area contributed by atoms with Crippen LogP contribution in [0.15, 0.2) is 84.9 Å². The molecule has 0 radical (unpaired) electrons. The molecular formula is C34H42N4O4. The van der Waals surface area contributed by atoms with E-state index in [1.165, 1.54) is 5.56 Å². The second-order valence-corrected chi connectivity index (χ2v) is 10.7. The van der Waals surface area contributed by atoms with Crippen molar-refractivity contribution in [3.8, 4) is 11.8 Å². The molecule has 4 rings (SSSR count). The Labute approximate surface area is 249 Å². The fraction of sp³-hybridized carbons (Fsp3) is 0.382. The standard InChI is InChI=1S/C34H42N4O4/c1-26(40)32-31(25-39)42-38(33(32)34(41)36-20-11-21-37(2)30-17-7-4-8-18-30)24-29-15-9-14-27(22-29)16-10-19-35-23-28-12-5-3-6-13-28/h3-9,12-15,17-18,22,26,31-33,35,39-40H,11,19-21,23-25H2,1-2H3,(H,36,41)/t26-,31-,32+,33-/m1/s1. The topological polar surface area (TPSA) is 97.3 Å². The SMILES string of the molecule is C[C@@H](O)[C@H]1[C@@H](CO)ON(Cc2cccc(C#CCNCc3ccccc3)c2)[C@H]1C(=O)NCCCN(C)c1ccccc1. The van der Waals surface area contributed by atoms with Crippen molar-refractivity contribution in [3.63, 3.8) is 0 Å². The first-order chi connectivity index (χ1) is 20.5. The highest BCUT2D eigenvalue weighted by atomic mass is 16.7. The molecular weight excluding hydrogens is 528 g/mol. The summed E-state index contributed by atoms with van der Waals surface area (Å²) in [5.41, 5.74) is 4.11. The Morgan fingerprint density at radius 1 is 1.05 bits per heavy atom. The van der Waals surface area contributed by atoms with Gasteiger partial charge in [0, 0.05) is 43.9 Å². The third-order valence-electron chi connectivity index (χ3n) is 7.43. The summed E-state index contributed by atoms with van der Waals surface area (Å²) < 4.78 is 0. The minimum atomic E-state index is -0.840. The Bertz CT molecular complexity index is 1310. The number of aliphatic hydroxyl groups is 2. The van der Waals surface area contributed by atoms with Gasteiger partial charge in [-0.25, -0.2) is 0 Å². The quantitative estimate of drug-likeness (QED) is 0.185. The minimum absolute atomic E-state index is 0.223. The van der Waals surface area contributed by atoms with Crippen molar-refractivity contribution in [2.24, 2.45) is 5.92 Å². The van der Waals surface area contributed by atoms with Crippen LogP contribution in [0.5, 0.6) is 0 Å². The molecule has 1 saturated heterocycles. The number of hydrogen-bond acceptors (Lipinski definition) is 7. The van der Waals surface area contributed by atoms with Gasteiger partial charge in [-0.15, -0.1) is 0 Å². The molecule has 3 aromatic carbocycles. The molecule has 4 atom stereocenters. The molecule has 3 aromatic rings. The fourth-order valence-electron chi connectivity index (χ4n) is 5.26. The number of rotatable bonds is 13. The van der Waals surface area contributed by atoms with Crippen LogP contribution in [0.4, 0.5) is 5.69 Å². The molecule has 0 aromatic heterocycles. The van der Waals surface area contributed by atoms with Crippen LogP contribution in [0.3, 0.4) is 0 Å². The molecule has 0 spiro atoms. The normalized spacial score (nSPS) is 19.1. The smallest absolute Gasteiger partial charge is 0.240 e. The van der Waals surface area contributed by atoms with Crippen LogP contribution in [0, 0.1) is 17.8 Å². The van der Waals surface area contributed by atoms with Crippen molar-refractivity contribution in [1.82, 2.24) is 15.7 Å². The maximum Gasteiger partial charge on any atom is 0.240 e. The van der Waals surface area contributed by atoms with Crippen LogP contribution < -0.4 is 15.5 Å². The molecule has 1 fully saturated rings. The Balaban J connectivity index is 1.35. The zero-order valence-corrected chi connectivity index (χ0v) is 24.4. The van der Waals surface area contributed by atoms with Crippen molar-refractivity contribution in [1.29, 1.82) is 0 Å². The Hall–Kier alpha value is -3.71. The second kappa shape index (κ2) is 16.1. The Morgan fingerprint density at radius 2 is 1.76 bits per heavy atom. The lowest BCUT2D eigenvalue weighted by Gasteiger charge is -2.26. The van der Waals surface area contributed by atoms with Crippen molar-refractivity contribution in [3.05, 3.63) is 102 Å². The number of hydrogen-bond donors (Lipinski definition) is 4. The highest BCUT2D eigenvalue weighted by Gasteiger charge is 2.49. The van der Waals surface area contributed by atoms with Gasteiger partial charge in [-0.2, -0.15) is 5.06 Å².